The van der Waals surface area contributed by atoms with Crippen LogP contribution in [0.2, 0.25) is 0 Å². The van der Waals surface area contributed by atoms with Crippen LogP contribution in [0.25, 0.3) is 0 Å². The number of nitrogens with zero attached hydrogens (tertiary/aromatic N) is 1. The Morgan fingerprint density at radius 3 is 2.17 bits per heavy atom. The molecule has 0 aliphatic rings. The van der Waals surface area contributed by atoms with Crippen molar-refractivity contribution in [2.24, 2.45) is 0 Å². The van der Waals surface area contributed by atoms with Gasteiger partial charge in [0.2, 0.25) is 0 Å². The van der Waals surface area contributed by atoms with Crippen LogP contribution in [0.5, 0.6) is 0 Å². The molecule has 0 saturated heterocycles. The standard InChI is InChI=1S/C13H19Br2NOS/c1-3-5-7-16(8-6-4-2)13(17)11-9-10(14)12(15)18-11/h9H,3-8H2,1-2H3. The van der Waals surface area contributed by atoms with E-state index in [1.54, 1.807) is 0 Å². The van der Waals surface area contributed by atoms with Crippen molar-refractivity contribution in [2.75, 3.05) is 13.1 Å². The van der Waals surface area contributed by atoms with E-state index in [1.807, 2.05) is 11.0 Å². The number of halogens is 2. The predicted octanol–water partition coefficient (Wildman–Crippen LogP) is 5.32. The summed E-state index contributed by atoms with van der Waals surface area (Å²) in [5.41, 5.74) is 0. The normalized spacial score (nSPS) is 10.7. The third-order valence-corrected chi connectivity index (χ3v) is 5.95. The molecule has 0 bridgehead atoms. The molecule has 1 rings (SSSR count). The van der Waals surface area contributed by atoms with Crippen LogP contribution in [-0.2, 0) is 0 Å². The molecule has 18 heavy (non-hydrogen) atoms. The quantitative estimate of drug-likeness (QED) is 0.610. The first-order valence-corrected chi connectivity index (χ1v) is 8.74. The van der Waals surface area contributed by atoms with Gasteiger partial charge < -0.3 is 4.90 Å². The van der Waals surface area contributed by atoms with Gasteiger partial charge in [0, 0.05) is 17.6 Å². The molecular formula is C13H19Br2NOS. The van der Waals surface area contributed by atoms with E-state index < -0.39 is 0 Å². The van der Waals surface area contributed by atoms with Gasteiger partial charge >= 0.3 is 0 Å². The van der Waals surface area contributed by atoms with E-state index in [4.69, 9.17) is 0 Å². The van der Waals surface area contributed by atoms with Crippen molar-refractivity contribution in [3.63, 3.8) is 0 Å². The van der Waals surface area contributed by atoms with Crippen LogP contribution >= 0.6 is 43.2 Å². The van der Waals surface area contributed by atoms with Gasteiger partial charge in [-0.1, -0.05) is 26.7 Å². The van der Waals surface area contributed by atoms with Crippen molar-refractivity contribution >= 4 is 49.1 Å². The average molecular weight is 397 g/mol. The van der Waals surface area contributed by atoms with Crippen molar-refractivity contribution < 1.29 is 4.79 Å². The minimum absolute atomic E-state index is 0.160. The van der Waals surface area contributed by atoms with Crippen LogP contribution in [0.4, 0.5) is 0 Å². The molecule has 0 aromatic carbocycles. The van der Waals surface area contributed by atoms with E-state index >= 15 is 0 Å². The van der Waals surface area contributed by atoms with Gasteiger partial charge in [0.05, 0.1) is 8.66 Å². The highest BCUT2D eigenvalue weighted by Gasteiger charge is 2.18. The monoisotopic (exact) mass is 395 g/mol. The zero-order chi connectivity index (χ0) is 13.5. The number of hydrogen-bond acceptors (Lipinski definition) is 2. The largest absolute Gasteiger partial charge is 0.338 e. The molecule has 1 aromatic heterocycles. The lowest BCUT2D eigenvalue weighted by atomic mass is 10.2. The molecule has 1 heterocycles. The molecular weight excluding hydrogens is 378 g/mol. The molecule has 2 nitrogen and oxygen atoms in total. The Hall–Kier alpha value is 0.130. The molecule has 0 radical (unpaired) electrons. The summed E-state index contributed by atoms with van der Waals surface area (Å²) >= 11 is 8.37. The van der Waals surface area contributed by atoms with E-state index in [1.165, 1.54) is 11.3 Å². The Balaban J connectivity index is 2.73. The van der Waals surface area contributed by atoms with Gasteiger partial charge in [-0.25, -0.2) is 0 Å². The lowest BCUT2D eigenvalue weighted by Gasteiger charge is -2.21. The Bertz CT molecular complexity index is 365. The molecule has 0 atom stereocenters. The second-order valence-electron chi connectivity index (χ2n) is 4.23. The van der Waals surface area contributed by atoms with E-state index in [0.29, 0.717) is 0 Å². The summed E-state index contributed by atoms with van der Waals surface area (Å²) in [6, 6.07) is 1.90. The fourth-order valence-corrected chi connectivity index (χ4v) is 3.62. The zero-order valence-corrected chi connectivity index (χ0v) is 14.8. The number of hydrogen-bond donors (Lipinski definition) is 0. The van der Waals surface area contributed by atoms with Crippen LogP contribution in [0, 0.1) is 0 Å². The number of amides is 1. The predicted molar refractivity (Wildman–Crippen MR) is 85.4 cm³/mol. The maximum absolute atomic E-state index is 12.4. The van der Waals surface area contributed by atoms with Gasteiger partial charge in [-0.2, -0.15) is 0 Å². The lowest BCUT2D eigenvalue weighted by molar-refractivity contribution is 0.0756. The number of carbonyl (C=O) groups excluding carboxylic acids is 1. The zero-order valence-electron chi connectivity index (χ0n) is 10.8. The molecule has 0 fully saturated rings. The molecule has 1 aromatic rings. The Labute approximate surface area is 130 Å². The smallest absolute Gasteiger partial charge is 0.263 e. The first-order valence-electron chi connectivity index (χ1n) is 6.34. The molecule has 0 spiro atoms. The van der Waals surface area contributed by atoms with E-state index in [-0.39, 0.29) is 5.91 Å². The van der Waals surface area contributed by atoms with Crippen molar-refractivity contribution in [1.82, 2.24) is 4.90 Å². The van der Waals surface area contributed by atoms with Gasteiger partial charge in [-0.05, 0) is 50.8 Å². The summed E-state index contributed by atoms with van der Waals surface area (Å²) in [7, 11) is 0. The van der Waals surface area contributed by atoms with Crippen LogP contribution in [-0.4, -0.2) is 23.9 Å². The van der Waals surface area contributed by atoms with E-state index in [2.05, 4.69) is 45.7 Å². The van der Waals surface area contributed by atoms with Gasteiger partial charge in [-0.3, -0.25) is 4.79 Å². The van der Waals surface area contributed by atoms with Gasteiger partial charge in [0.1, 0.15) is 0 Å². The summed E-state index contributed by atoms with van der Waals surface area (Å²) in [5.74, 6) is 0.160. The van der Waals surface area contributed by atoms with Crippen molar-refractivity contribution in [2.45, 2.75) is 39.5 Å². The maximum atomic E-state index is 12.4. The summed E-state index contributed by atoms with van der Waals surface area (Å²) < 4.78 is 1.94. The molecule has 0 unspecified atom stereocenters. The van der Waals surface area contributed by atoms with Crippen LogP contribution in [0.15, 0.2) is 14.3 Å². The number of rotatable bonds is 7. The van der Waals surface area contributed by atoms with Crippen LogP contribution < -0.4 is 0 Å². The number of unbranched alkanes of at least 4 members (excludes halogenated alkanes) is 2. The summed E-state index contributed by atoms with van der Waals surface area (Å²) in [4.78, 5) is 15.2. The minimum Gasteiger partial charge on any atom is -0.338 e. The Morgan fingerprint density at radius 1 is 1.22 bits per heavy atom. The maximum Gasteiger partial charge on any atom is 0.263 e. The first-order chi connectivity index (χ1) is 8.60. The topological polar surface area (TPSA) is 20.3 Å². The van der Waals surface area contributed by atoms with E-state index in [9.17, 15) is 4.79 Å². The fourth-order valence-electron chi connectivity index (χ4n) is 1.62. The highest BCUT2D eigenvalue weighted by Crippen LogP contribution is 2.33. The van der Waals surface area contributed by atoms with Gasteiger partial charge in [0.25, 0.3) is 5.91 Å². The molecule has 0 saturated carbocycles. The van der Waals surface area contributed by atoms with Gasteiger partial charge in [-0.15, -0.1) is 11.3 Å². The number of thiophene rings is 1. The highest BCUT2D eigenvalue weighted by molar-refractivity contribution is 9.13. The van der Waals surface area contributed by atoms with Crippen molar-refractivity contribution in [1.29, 1.82) is 0 Å². The number of carbonyl (C=O) groups is 1. The van der Waals surface area contributed by atoms with Crippen LogP contribution in [0.3, 0.4) is 0 Å². The van der Waals surface area contributed by atoms with Crippen molar-refractivity contribution in [3.8, 4) is 0 Å². The average Bonchev–Trinajstić information content (AvgIpc) is 2.69. The minimum atomic E-state index is 0.160. The van der Waals surface area contributed by atoms with Gasteiger partial charge in [0.15, 0.2) is 0 Å². The second kappa shape index (κ2) is 8.33. The fraction of sp³-hybridized carbons (Fsp3) is 0.615. The van der Waals surface area contributed by atoms with Crippen LogP contribution in [0.1, 0.15) is 49.2 Å². The molecule has 1 amide bonds. The molecule has 102 valence electrons. The first kappa shape index (κ1) is 16.2. The molecule has 0 aliphatic heterocycles. The second-order valence-corrected chi connectivity index (χ2v) is 7.46. The summed E-state index contributed by atoms with van der Waals surface area (Å²) in [6.07, 6.45) is 4.38. The molecule has 5 heteroatoms. The van der Waals surface area contributed by atoms with E-state index in [0.717, 1.165) is 51.9 Å². The highest BCUT2D eigenvalue weighted by atomic mass is 79.9. The molecule has 0 N–H and O–H groups in total. The molecule has 0 aliphatic carbocycles. The summed E-state index contributed by atoms with van der Waals surface area (Å²) in [6.45, 7) is 6.03. The third-order valence-electron chi connectivity index (χ3n) is 2.71. The lowest BCUT2D eigenvalue weighted by Crippen LogP contribution is -2.32. The van der Waals surface area contributed by atoms with Crippen molar-refractivity contribution in [3.05, 3.63) is 19.2 Å². The summed E-state index contributed by atoms with van der Waals surface area (Å²) in [5, 5.41) is 0. The Kier molecular flexibility index (Phi) is 7.49. The third kappa shape index (κ3) is 4.67. The SMILES string of the molecule is CCCCN(CCCC)C(=O)c1cc(Br)c(Br)s1. The Morgan fingerprint density at radius 2 is 1.78 bits per heavy atom.